The van der Waals surface area contributed by atoms with Crippen LogP contribution in [0.1, 0.15) is 49.4 Å². The molecule has 1 amide bonds. The van der Waals surface area contributed by atoms with E-state index >= 15 is 0 Å². The minimum absolute atomic E-state index is 0.321. The number of rotatable bonds is 5. The fraction of sp³-hybridized carbons (Fsp3) is 0.471. The van der Waals surface area contributed by atoms with Gasteiger partial charge in [0.1, 0.15) is 18.2 Å². The first-order valence-electron chi connectivity index (χ1n) is 8.41. The van der Waals surface area contributed by atoms with Gasteiger partial charge < -0.3 is 10.4 Å². The van der Waals surface area contributed by atoms with Gasteiger partial charge in [-0.15, -0.1) is 0 Å². The second-order valence-electron chi connectivity index (χ2n) is 6.44. The summed E-state index contributed by atoms with van der Waals surface area (Å²) in [4.78, 5) is 32.3. The number of hydrogen-bond acceptors (Lipinski definition) is 5. The minimum Gasteiger partial charge on any atom is -0.480 e. The molecule has 0 bridgehead atoms. The Morgan fingerprint density at radius 3 is 2.64 bits per heavy atom. The van der Waals surface area contributed by atoms with Crippen molar-refractivity contribution in [3.05, 3.63) is 36.5 Å². The summed E-state index contributed by atoms with van der Waals surface area (Å²) in [5, 5.41) is 16.4. The van der Waals surface area contributed by atoms with Crippen molar-refractivity contribution in [2.24, 2.45) is 5.92 Å². The molecule has 3 rings (SSSR count). The van der Waals surface area contributed by atoms with Crippen LogP contribution in [-0.2, 0) is 4.79 Å². The maximum atomic E-state index is 12.5. The molecule has 2 aromatic rings. The first-order valence-corrected chi connectivity index (χ1v) is 8.41. The standard InChI is InChI=1S/C17H21N5O3/c1-2-12-5-7-17(8-6-12,16(24)25)21-15(23)13-3-4-14(19-9-13)22-11-18-10-20-22/h3-4,9-12H,2,5-8H2,1H3,(H,21,23)(H,24,25). The van der Waals surface area contributed by atoms with E-state index in [4.69, 9.17) is 0 Å². The Labute approximate surface area is 145 Å². The highest BCUT2D eigenvalue weighted by Crippen LogP contribution is 2.34. The molecule has 0 unspecified atom stereocenters. The van der Waals surface area contributed by atoms with Crippen molar-refractivity contribution < 1.29 is 14.7 Å². The van der Waals surface area contributed by atoms with Crippen molar-refractivity contribution in [3.63, 3.8) is 0 Å². The van der Waals surface area contributed by atoms with E-state index in [1.807, 2.05) is 0 Å². The smallest absolute Gasteiger partial charge is 0.329 e. The lowest BCUT2D eigenvalue weighted by atomic mass is 9.75. The number of hydrogen-bond donors (Lipinski definition) is 2. The number of nitrogens with one attached hydrogen (secondary N) is 1. The number of carbonyl (C=O) groups is 2. The monoisotopic (exact) mass is 343 g/mol. The highest BCUT2D eigenvalue weighted by atomic mass is 16.4. The van der Waals surface area contributed by atoms with E-state index in [0.717, 1.165) is 19.3 Å². The molecule has 0 radical (unpaired) electrons. The SMILES string of the molecule is CCC1CCC(NC(=O)c2ccc(-n3cncn3)nc2)(C(=O)O)CC1. The van der Waals surface area contributed by atoms with E-state index in [0.29, 0.717) is 30.1 Å². The average Bonchev–Trinajstić information content (AvgIpc) is 3.17. The topological polar surface area (TPSA) is 110 Å². The lowest BCUT2D eigenvalue weighted by molar-refractivity contribution is -0.146. The molecule has 0 saturated heterocycles. The number of aromatic nitrogens is 4. The Hall–Kier alpha value is -2.77. The Bertz CT molecular complexity index is 734. The van der Waals surface area contributed by atoms with Crippen LogP contribution in [0.4, 0.5) is 0 Å². The molecule has 0 aliphatic heterocycles. The summed E-state index contributed by atoms with van der Waals surface area (Å²) in [6, 6.07) is 3.25. The van der Waals surface area contributed by atoms with Crippen LogP contribution in [0.15, 0.2) is 31.0 Å². The Balaban J connectivity index is 1.72. The number of carboxylic acids is 1. The third-order valence-electron chi connectivity index (χ3n) is 4.96. The van der Waals surface area contributed by atoms with E-state index in [-0.39, 0.29) is 0 Å². The third-order valence-corrected chi connectivity index (χ3v) is 4.96. The number of amides is 1. The van der Waals surface area contributed by atoms with Gasteiger partial charge in [-0.05, 0) is 43.7 Å². The van der Waals surface area contributed by atoms with Crippen molar-refractivity contribution in [1.29, 1.82) is 0 Å². The summed E-state index contributed by atoms with van der Waals surface area (Å²) in [7, 11) is 0. The van der Waals surface area contributed by atoms with Gasteiger partial charge in [0, 0.05) is 6.20 Å². The molecule has 0 aromatic carbocycles. The third kappa shape index (κ3) is 3.52. The molecule has 8 heteroatoms. The van der Waals surface area contributed by atoms with Crippen molar-refractivity contribution in [2.45, 2.75) is 44.6 Å². The molecule has 132 valence electrons. The van der Waals surface area contributed by atoms with E-state index in [1.54, 1.807) is 12.1 Å². The number of pyridine rings is 1. The maximum Gasteiger partial charge on any atom is 0.329 e. The summed E-state index contributed by atoms with van der Waals surface area (Å²) in [6.45, 7) is 2.11. The minimum atomic E-state index is -1.19. The van der Waals surface area contributed by atoms with Crippen LogP contribution < -0.4 is 5.32 Å². The van der Waals surface area contributed by atoms with Gasteiger partial charge in [0.05, 0.1) is 5.56 Å². The second-order valence-corrected chi connectivity index (χ2v) is 6.44. The van der Waals surface area contributed by atoms with Crippen LogP contribution in [0.25, 0.3) is 5.82 Å². The van der Waals surface area contributed by atoms with Crippen LogP contribution in [0.3, 0.4) is 0 Å². The molecular formula is C17H21N5O3. The van der Waals surface area contributed by atoms with Gasteiger partial charge in [0.15, 0.2) is 5.82 Å². The molecule has 1 aliphatic carbocycles. The molecule has 1 aliphatic rings. The predicted octanol–water partition coefficient (Wildman–Crippen LogP) is 1.82. The second kappa shape index (κ2) is 7.00. The highest BCUT2D eigenvalue weighted by Gasteiger charge is 2.43. The van der Waals surface area contributed by atoms with Crippen LogP contribution in [0, 0.1) is 5.92 Å². The van der Waals surface area contributed by atoms with Gasteiger partial charge in [-0.2, -0.15) is 5.10 Å². The Morgan fingerprint density at radius 2 is 2.12 bits per heavy atom. The van der Waals surface area contributed by atoms with Crippen LogP contribution in [-0.4, -0.2) is 42.3 Å². The summed E-state index contributed by atoms with van der Waals surface area (Å²) >= 11 is 0. The fourth-order valence-corrected chi connectivity index (χ4v) is 3.24. The Morgan fingerprint density at radius 1 is 1.36 bits per heavy atom. The first kappa shape index (κ1) is 17.1. The van der Waals surface area contributed by atoms with E-state index < -0.39 is 17.4 Å². The van der Waals surface area contributed by atoms with Gasteiger partial charge in [-0.25, -0.2) is 19.4 Å². The lowest BCUT2D eigenvalue weighted by Gasteiger charge is -2.37. The average molecular weight is 343 g/mol. The van der Waals surface area contributed by atoms with Gasteiger partial charge in [-0.3, -0.25) is 4.79 Å². The van der Waals surface area contributed by atoms with E-state index in [2.05, 4.69) is 27.3 Å². The quantitative estimate of drug-likeness (QED) is 0.857. The van der Waals surface area contributed by atoms with Crippen molar-refractivity contribution >= 4 is 11.9 Å². The Kier molecular flexibility index (Phi) is 4.78. The molecule has 1 fully saturated rings. The molecule has 2 N–H and O–H groups in total. The van der Waals surface area contributed by atoms with Gasteiger partial charge >= 0.3 is 5.97 Å². The molecule has 1 saturated carbocycles. The lowest BCUT2D eigenvalue weighted by Crippen LogP contribution is -2.56. The molecule has 2 aromatic heterocycles. The predicted molar refractivity (Wildman–Crippen MR) is 89.2 cm³/mol. The number of carboxylic acid groups (broad SMARTS) is 1. The maximum absolute atomic E-state index is 12.5. The summed E-state index contributed by atoms with van der Waals surface area (Å²) < 4.78 is 1.48. The molecule has 0 spiro atoms. The highest BCUT2D eigenvalue weighted by molar-refractivity contribution is 5.97. The van der Waals surface area contributed by atoms with Gasteiger partial charge in [-0.1, -0.05) is 13.3 Å². The zero-order valence-electron chi connectivity index (χ0n) is 14.1. The normalized spacial score (nSPS) is 23.2. The molecular weight excluding hydrogens is 322 g/mol. The molecule has 0 atom stereocenters. The molecule has 8 nitrogen and oxygen atoms in total. The van der Waals surface area contributed by atoms with Gasteiger partial charge in [0.2, 0.25) is 0 Å². The van der Waals surface area contributed by atoms with Crippen LogP contribution >= 0.6 is 0 Å². The number of carbonyl (C=O) groups excluding carboxylic acids is 1. The van der Waals surface area contributed by atoms with Gasteiger partial charge in [0.25, 0.3) is 5.91 Å². The van der Waals surface area contributed by atoms with E-state index in [9.17, 15) is 14.7 Å². The van der Waals surface area contributed by atoms with Crippen molar-refractivity contribution in [1.82, 2.24) is 25.1 Å². The molecule has 25 heavy (non-hydrogen) atoms. The van der Waals surface area contributed by atoms with E-state index in [1.165, 1.54) is 23.5 Å². The van der Waals surface area contributed by atoms with Crippen LogP contribution in [0.2, 0.25) is 0 Å². The summed E-state index contributed by atoms with van der Waals surface area (Å²) in [6.07, 6.45) is 7.89. The number of aliphatic carboxylic acids is 1. The molecule has 2 heterocycles. The first-order chi connectivity index (χ1) is 12.0. The van der Waals surface area contributed by atoms with Crippen LogP contribution in [0.5, 0.6) is 0 Å². The number of nitrogens with zero attached hydrogens (tertiary/aromatic N) is 4. The zero-order valence-corrected chi connectivity index (χ0v) is 14.1. The summed E-state index contributed by atoms with van der Waals surface area (Å²) in [5.41, 5.74) is -0.866. The largest absolute Gasteiger partial charge is 0.480 e. The zero-order chi connectivity index (χ0) is 17.9. The van der Waals surface area contributed by atoms with Crippen molar-refractivity contribution in [3.8, 4) is 5.82 Å². The fourth-order valence-electron chi connectivity index (χ4n) is 3.24. The van der Waals surface area contributed by atoms with Crippen molar-refractivity contribution in [2.75, 3.05) is 0 Å². The summed E-state index contributed by atoms with van der Waals surface area (Å²) in [5.74, 6) is -0.323.